The Labute approximate surface area is 160 Å². The summed E-state index contributed by atoms with van der Waals surface area (Å²) >= 11 is 13.5. The van der Waals surface area contributed by atoms with Crippen molar-refractivity contribution in [1.82, 2.24) is 0 Å². The van der Waals surface area contributed by atoms with Gasteiger partial charge in [0, 0.05) is 5.56 Å². The summed E-state index contributed by atoms with van der Waals surface area (Å²) in [7, 11) is 0. The van der Waals surface area contributed by atoms with Crippen LogP contribution in [0, 0.1) is 6.92 Å². The van der Waals surface area contributed by atoms with Gasteiger partial charge < -0.3 is 10.1 Å². The fourth-order valence-corrected chi connectivity index (χ4v) is 3.53. The fourth-order valence-electron chi connectivity index (χ4n) is 2.24. The van der Waals surface area contributed by atoms with Crippen molar-refractivity contribution in [3.8, 4) is 5.75 Å². The lowest BCUT2D eigenvalue weighted by molar-refractivity contribution is 0.103. The van der Waals surface area contributed by atoms with Gasteiger partial charge in [-0.2, -0.15) is 0 Å². The normalized spacial score (nSPS) is 10.5. The summed E-state index contributed by atoms with van der Waals surface area (Å²) in [6, 6.07) is 14.7. The zero-order chi connectivity index (χ0) is 17.8. The standard InChI is InChI=1S/C19H15Cl2NO2S/c1-12-5-2-3-8-16(12)24-10-13-9-17(25-11-13)19(23)22-18-14(20)6-4-7-15(18)21/h2-9,11H,10H2,1H3,(H,22,23). The van der Waals surface area contributed by atoms with Crippen LogP contribution in [0.4, 0.5) is 5.69 Å². The van der Waals surface area contributed by atoms with Crippen molar-refractivity contribution in [1.29, 1.82) is 0 Å². The molecule has 25 heavy (non-hydrogen) atoms. The van der Waals surface area contributed by atoms with Gasteiger partial charge in [-0.1, -0.05) is 47.5 Å². The Balaban J connectivity index is 1.67. The lowest BCUT2D eigenvalue weighted by Crippen LogP contribution is -2.11. The number of hydrogen-bond donors (Lipinski definition) is 1. The molecule has 0 saturated heterocycles. The number of carbonyl (C=O) groups is 1. The molecule has 1 heterocycles. The maximum Gasteiger partial charge on any atom is 0.265 e. The minimum atomic E-state index is -0.248. The van der Waals surface area contributed by atoms with E-state index < -0.39 is 0 Å². The van der Waals surface area contributed by atoms with Crippen LogP contribution in [0.5, 0.6) is 5.75 Å². The van der Waals surface area contributed by atoms with Crippen molar-refractivity contribution in [2.45, 2.75) is 13.5 Å². The number of carbonyl (C=O) groups excluding carboxylic acids is 1. The molecule has 6 heteroatoms. The predicted molar refractivity (Wildman–Crippen MR) is 104 cm³/mol. The number of hydrogen-bond acceptors (Lipinski definition) is 3. The maximum absolute atomic E-state index is 12.4. The quantitative estimate of drug-likeness (QED) is 0.562. The molecule has 128 valence electrons. The molecule has 0 bridgehead atoms. The fraction of sp³-hybridized carbons (Fsp3) is 0.105. The van der Waals surface area contributed by atoms with Crippen LogP contribution in [-0.2, 0) is 6.61 Å². The number of thiophene rings is 1. The molecule has 0 radical (unpaired) electrons. The second-order valence-electron chi connectivity index (χ2n) is 5.42. The first-order chi connectivity index (χ1) is 12.0. The first kappa shape index (κ1) is 17.8. The van der Waals surface area contributed by atoms with Crippen LogP contribution in [0.1, 0.15) is 20.8 Å². The average molecular weight is 392 g/mol. The molecular weight excluding hydrogens is 377 g/mol. The Bertz CT molecular complexity index is 888. The Morgan fingerprint density at radius 3 is 2.56 bits per heavy atom. The molecule has 0 saturated carbocycles. The molecule has 3 rings (SSSR count). The van der Waals surface area contributed by atoms with E-state index in [1.165, 1.54) is 11.3 Å². The predicted octanol–water partition coefficient (Wildman–Crippen LogP) is 6.19. The summed E-state index contributed by atoms with van der Waals surface area (Å²) in [4.78, 5) is 13.0. The van der Waals surface area contributed by atoms with E-state index in [0.717, 1.165) is 16.9 Å². The molecule has 0 fully saturated rings. The Hall–Kier alpha value is -2.01. The third-order valence-electron chi connectivity index (χ3n) is 3.57. The lowest BCUT2D eigenvalue weighted by Gasteiger charge is -2.08. The highest BCUT2D eigenvalue weighted by Gasteiger charge is 2.14. The van der Waals surface area contributed by atoms with Gasteiger partial charge in [0.1, 0.15) is 12.4 Å². The minimum absolute atomic E-state index is 0.248. The molecule has 0 atom stereocenters. The second-order valence-corrected chi connectivity index (χ2v) is 7.15. The van der Waals surface area contributed by atoms with Crippen LogP contribution in [0.2, 0.25) is 10.0 Å². The van der Waals surface area contributed by atoms with Gasteiger partial charge in [0.25, 0.3) is 5.91 Å². The van der Waals surface area contributed by atoms with E-state index in [4.69, 9.17) is 27.9 Å². The molecule has 1 aromatic heterocycles. The van der Waals surface area contributed by atoms with Gasteiger partial charge >= 0.3 is 0 Å². The zero-order valence-corrected chi connectivity index (χ0v) is 15.7. The lowest BCUT2D eigenvalue weighted by atomic mass is 10.2. The molecule has 0 aliphatic carbocycles. The largest absolute Gasteiger partial charge is 0.489 e. The summed E-state index contributed by atoms with van der Waals surface area (Å²) < 4.78 is 5.81. The maximum atomic E-state index is 12.4. The van der Waals surface area contributed by atoms with Crippen molar-refractivity contribution in [3.05, 3.63) is 80.0 Å². The summed E-state index contributed by atoms with van der Waals surface area (Å²) in [5.74, 6) is 0.588. The van der Waals surface area contributed by atoms with E-state index in [0.29, 0.717) is 27.2 Å². The summed E-state index contributed by atoms with van der Waals surface area (Å²) in [6.45, 7) is 2.40. The Kier molecular flexibility index (Phi) is 5.63. The highest BCUT2D eigenvalue weighted by atomic mass is 35.5. The topological polar surface area (TPSA) is 38.3 Å². The zero-order valence-electron chi connectivity index (χ0n) is 13.4. The van der Waals surface area contributed by atoms with E-state index in [1.54, 1.807) is 18.2 Å². The minimum Gasteiger partial charge on any atom is -0.489 e. The summed E-state index contributed by atoms with van der Waals surface area (Å²) in [5.41, 5.74) is 2.43. The van der Waals surface area contributed by atoms with Gasteiger partial charge in [-0.3, -0.25) is 4.79 Å². The van der Waals surface area contributed by atoms with E-state index in [1.807, 2.05) is 42.6 Å². The van der Waals surface area contributed by atoms with Gasteiger partial charge in [-0.05, 0) is 42.1 Å². The number of ether oxygens (including phenoxy) is 1. The molecule has 2 aromatic carbocycles. The van der Waals surface area contributed by atoms with E-state index in [2.05, 4.69) is 5.32 Å². The van der Waals surface area contributed by atoms with Crippen molar-refractivity contribution >= 4 is 46.1 Å². The number of nitrogens with one attached hydrogen (secondary N) is 1. The molecule has 3 nitrogen and oxygen atoms in total. The number of amides is 1. The third kappa shape index (κ3) is 4.34. The third-order valence-corrected chi connectivity index (χ3v) is 5.17. The number of benzene rings is 2. The molecule has 0 aliphatic rings. The Morgan fingerprint density at radius 2 is 1.84 bits per heavy atom. The summed E-state index contributed by atoms with van der Waals surface area (Å²) in [5, 5.41) is 5.47. The number of halogens is 2. The van der Waals surface area contributed by atoms with Crippen LogP contribution in [0.25, 0.3) is 0 Å². The smallest absolute Gasteiger partial charge is 0.265 e. The van der Waals surface area contributed by atoms with E-state index in [-0.39, 0.29) is 5.91 Å². The van der Waals surface area contributed by atoms with E-state index in [9.17, 15) is 4.79 Å². The average Bonchev–Trinajstić information content (AvgIpc) is 3.06. The van der Waals surface area contributed by atoms with Crippen molar-refractivity contribution < 1.29 is 9.53 Å². The van der Waals surface area contributed by atoms with Crippen LogP contribution < -0.4 is 10.1 Å². The number of rotatable bonds is 5. The monoisotopic (exact) mass is 391 g/mol. The molecule has 0 unspecified atom stereocenters. The SMILES string of the molecule is Cc1ccccc1OCc1csc(C(=O)Nc2c(Cl)cccc2Cl)c1. The molecule has 3 aromatic rings. The van der Waals surface area contributed by atoms with Gasteiger partial charge in [-0.25, -0.2) is 0 Å². The van der Waals surface area contributed by atoms with Gasteiger partial charge in [0.15, 0.2) is 0 Å². The van der Waals surface area contributed by atoms with Crippen molar-refractivity contribution in [3.63, 3.8) is 0 Å². The van der Waals surface area contributed by atoms with Crippen LogP contribution in [0.3, 0.4) is 0 Å². The molecule has 1 N–H and O–H groups in total. The van der Waals surface area contributed by atoms with Crippen LogP contribution in [0.15, 0.2) is 53.9 Å². The van der Waals surface area contributed by atoms with Crippen LogP contribution >= 0.6 is 34.5 Å². The van der Waals surface area contributed by atoms with E-state index >= 15 is 0 Å². The van der Waals surface area contributed by atoms with Crippen molar-refractivity contribution in [2.24, 2.45) is 0 Å². The number of para-hydroxylation sites is 2. The first-order valence-electron chi connectivity index (χ1n) is 7.56. The molecule has 0 aliphatic heterocycles. The van der Waals surface area contributed by atoms with Crippen LogP contribution in [-0.4, -0.2) is 5.91 Å². The van der Waals surface area contributed by atoms with Gasteiger partial charge in [0.05, 0.1) is 20.6 Å². The molecular formula is C19H15Cl2NO2S. The molecule has 0 spiro atoms. The molecule has 1 amide bonds. The van der Waals surface area contributed by atoms with Gasteiger partial charge in [0.2, 0.25) is 0 Å². The highest BCUT2D eigenvalue weighted by molar-refractivity contribution is 7.12. The highest BCUT2D eigenvalue weighted by Crippen LogP contribution is 2.30. The summed E-state index contributed by atoms with van der Waals surface area (Å²) in [6.07, 6.45) is 0. The first-order valence-corrected chi connectivity index (χ1v) is 9.19. The number of anilines is 1. The second kappa shape index (κ2) is 7.91. The Morgan fingerprint density at radius 1 is 1.12 bits per heavy atom. The van der Waals surface area contributed by atoms with Crippen molar-refractivity contribution in [2.75, 3.05) is 5.32 Å². The number of aryl methyl sites for hydroxylation is 1. The van der Waals surface area contributed by atoms with Gasteiger partial charge in [-0.15, -0.1) is 11.3 Å².